The Morgan fingerprint density at radius 1 is 1.39 bits per heavy atom. The monoisotopic (exact) mass is 264 g/mol. The normalized spacial score (nSPS) is 22.9. The number of benzene rings is 1. The van der Waals surface area contributed by atoms with Gasteiger partial charge in [0.1, 0.15) is 5.92 Å². The lowest BCUT2D eigenvalue weighted by molar-refractivity contribution is -0.134. The summed E-state index contributed by atoms with van der Waals surface area (Å²) in [6.07, 6.45) is 0.757. The average molecular weight is 265 g/mol. The zero-order chi connectivity index (χ0) is 12.5. The van der Waals surface area contributed by atoms with Crippen LogP contribution in [-0.2, 0) is 16.1 Å². The van der Waals surface area contributed by atoms with Crippen molar-refractivity contribution in [3.05, 3.63) is 34.9 Å². The molecule has 1 aromatic carbocycles. The van der Waals surface area contributed by atoms with Gasteiger partial charge < -0.3 is 4.74 Å². The summed E-state index contributed by atoms with van der Waals surface area (Å²) in [6, 6.07) is 7.46. The van der Waals surface area contributed by atoms with Gasteiger partial charge in [-0.15, -0.1) is 0 Å². The van der Waals surface area contributed by atoms with Crippen LogP contribution >= 0.6 is 11.6 Å². The number of hydrogen-bond donors (Lipinski definition) is 0. The Morgan fingerprint density at radius 2 is 2.17 bits per heavy atom. The van der Waals surface area contributed by atoms with Crippen molar-refractivity contribution >= 4 is 23.2 Å². The summed E-state index contributed by atoms with van der Waals surface area (Å²) in [5, 5.41) is 6.63. The smallest absolute Gasteiger partial charge is 0.254 e. The molecule has 2 aliphatic heterocycles. The van der Waals surface area contributed by atoms with Crippen LogP contribution in [0.4, 0.5) is 0 Å². The van der Waals surface area contributed by atoms with Crippen LogP contribution in [0.5, 0.6) is 0 Å². The van der Waals surface area contributed by atoms with E-state index in [0.717, 1.165) is 17.7 Å². The van der Waals surface area contributed by atoms with Gasteiger partial charge in [-0.2, -0.15) is 5.10 Å². The molecule has 1 aromatic rings. The van der Waals surface area contributed by atoms with Crippen LogP contribution in [0.25, 0.3) is 0 Å². The van der Waals surface area contributed by atoms with Gasteiger partial charge in [0.15, 0.2) is 0 Å². The van der Waals surface area contributed by atoms with Crippen molar-refractivity contribution in [3.8, 4) is 0 Å². The maximum atomic E-state index is 12.1. The Bertz CT molecular complexity index is 498. The fourth-order valence-electron chi connectivity index (χ4n) is 2.24. The number of nitrogens with zero attached hydrogens (tertiary/aromatic N) is 2. The van der Waals surface area contributed by atoms with Gasteiger partial charge >= 0.3 is 0 Å². The van der Waals surface area contributed by atoms with Gasteiger partial charge in [0.05, 0.1) is 25.5 Å². The number of carbonyl (C=O) groups is 1. The van der Waals surface area contributed by atoms with Gasteiger partial charge in [0, 0.05) is 11.4 Å². The van der Waals surface area contributed by atoms with E-state index in [4.69, 9.17) is 16.3 Å². The molecule has 1 fully saturated rings. The maximum Gasteiger partial charge on any atom is 0.254 e. The minimum atomic E-state index is -0.161. The lowest BCUT2D eigenvalue weighted by atomic mass is 10.0. The minimum absolute atomic E-state index is 0.0413. The van der Waals surface area contributed by atoms with E-state index in [9.17, 15) is 4.79 Å². The molecule has 2 heterocycles. The quantitative estimate of drug-likeness (QED) is 0.821. The number of hydrazone groups is 1. The van der Waals surface area contributed by atoms with Crippen molar-refractivity contribution in [3.63, 3.8) is 0 Å². The molecule has 1 saturated heterocycles. The number of carbonyl (C=O) groups excluding carboxylic acids is 1. The van der Waals surface area contributed by atoms with E-state index in [1.165, 1.54) is 5.01 Å². The zero-order valence-corrected chi connectivity index (χ0v) is 10.6. The lowest BCUT2D eigenvalue weighted by Crippen LogP contribution is -2.33. The summed E-state index contributed by atoms with van der Waals surface area (Å²) >= 11 is 5.83. The van der Waals surface area contributed by atoms with Crippen LogP contribution < -0.4 is 0 Å². The van der Waals surface area contributed by atoms with Gasteiger partial charge in [-0.05, 0) is 17.7 Å². The van der Waals surface area contributed by atoms with Crippen LogP contribution in [0.3, 0.4) is 0 Å². The minimum Gasteiger partial charge on any atom is -0.380 e. The Kier molecular flexibility index (Phi) is 3.06. The Labute approximate surface area is 110 Å². The summed E-state index contributed by atoms with van der Waals surface area (Å²) in [5.74, 6) is -0.120. The molecule has 0 aliphatic carbocycles. The molecule has 0 radical (unpaired) electrons. The first-order valence-electron chi connectivity index (χ1n) is 5.95. The van der Waals surface area contributed by atoms with Crippen LogP contribution in [0.1, 0.15) is 12.0 Å². The molecule has 3 rings (SSSR count). The largest absolute Gasteiger partial charge is 0.380 e. The topological polar surface area (TPSA) is 41.9 Å². The highest BCUT2D eigenvalue weighted by Gasteiger charge is 2.37. The van der Waals surface area contributed by atoms with E-state index >= 15 is 0 Å². The summed E-state index contributed by atoms with van der Waals surface area (Å²) in [4.78, 5) is 12.1. The molecule has 2 aliphatic rings. The third-order valence-electron chi connectivity index (χ3n) is 3.24. The van der Waals surface area contributed by atoms with E-state index in [-0.39, 0.29) is 11.8 Å². The van der Waals surface area contributed by atoms with Gasteiger partial charge in [0.2, 0.25) is 0 Å². The fraction of sp³-hybridized carbons (Fsp3) is 0.385. The molecule has 0 N–H and O–H groups in total. The highest BCUT2D eigenvalue weighted by atomic mass is 35.5. The van der Waals surface area contributed by atoms with E-state index in [2.05, 4.69) is 5.10 Å². The van der Waals surface area contributed by atoms with Crippen molar-refractivity contribution < 1.29 is 9.53 Å². The summed E-state index contributed by atoms with van der Waals surface area (Å²) in [6.45, 7) is 1.63. The zero-order valence-electron chi connectivity index (χ0n) is 9.80. The highest BCUT2D eigenvalue weighted by Crippen LogP contribution is 2.23. The van der Waals surface area contributed by atoms with Crippen molar-refractivity contribution in [1.82, 2.24) is 5.01 Å². The summed E-state index contributed by atoms with van der Waals surface area (Å²) in [5.41, 5.74) is 1.98. The van der Waals surface area contributed by atoms with Crippen LogP contribution in [0, 0.1) is 5.92 Å². The highest BCUT2D eigenvalue weighted by molar-refractivity contribution is 6.30. The molecule has 0 aromatic heterocycles. The average Bonchev–Trinajstić information content (AvgIpc) is 2.70. The standard InChI is InChI=1S/C13H13ClN2O2/c14-10-3-1-9(2-4-10)7-16-13(17)11-8-18-6-5-12(11)15-16/h1-4,11H,5-8H2. The van der Waals surface area contributed by atoms with E-state index in [0.29, 0.717) is 24.8 Å². The SMILES string of the molecule is O=C1C2COCCC2=NN1Cc1ccc(Cl)cc1. The first-order chi connectivity index (χ1) is 8.74. The first-order valence-corrected chi connectivity index (χ1v) is 6.33. The Morgan fingerprint density at radius 3 is 2.89 bits per heavy atom. The molecule has 5 heteroatoms. The van der Waals surface area contributed by atoms with Crippen molar-refractivity contribution in [2.45, 2.75) is 13.0 Å². The predicted molar refractivity (Wildman–Crippen MR) is 68.4 cm³/mol. The van der Waals surface area contributed by atoms with Gasteiger partial charge in [-0.1, -0.05) is 23.7 Å². The van der Waals surface area contributed by atoms with Gasteiger partial charge in [-0.25, -0.2) is 5.01 Å². The molecule has 1 amide bonds. The number of fused-ring (bicyclic) bond motifs is 1. The van der Waals surface area contributed by atoms with Gasteiger partial charge in [-0.3, -0.25) is 4.79 Å². The summed E-state index contributed by atoms with van der Waals surface area (Å²) in [7, 11) is 0. The molecule has 0 bridgehead atoms. The molecular weight excluding hydrogens is 252 g/mol. The number of halogens is 1. The number of ether oxygens (including phenoxy) is 1. The van der Waals surface area contributed by atoms with Crippen LogP contribution in [0.15, 0.2) is 29.4 Å². The van der Waals surface area contributed by atoms with E-state index in [1.807, 2.05) is 24.3 Å². The number of amides is 1. The van der Waals surface area contributed by atoms with Crippen molar-refractivity contribution in [1.29, 1.82) is 0 Å². The van der Waals surface area contributed by atoms with Crippen LogP contribution in [-0.4, -0.2) is 29.8 Å². The Hall–Kier alpha value is -1.39. The first kappa shape index (κ1) is 11.7. The molecule has 1 unspecified atom stereocenters. The molecule has 94 valence electrons. The molecule has 4 nitrogen and oxygen atoms in total. The molecule has 18 heavy (non-hydrogen) atoms. The fourth-order valence-corrected chi connectivity index (χ4v) is 2.37. The van der Waals surface area contributed by atoms with E-state index < -0.39 is 0 Å². The van der Waals surface area contributed by atoms with Gasteiger partial charge in [0.25, 0.3) is 5.91 Å². The van der Waals surface area contributed by atoms with Crippen molar-refractivity contribution in [2.75, 3.05) is 13.2 Å². The lowest BCUT2D eigenvalue weighted by Gasteiger charge is -2.17. The second kappa shape index (κ2) is 4.71. The third-order valence-corrected chi connectivity index (χ3v) is 3.49. The number of hydrogen-bond acceptors (Lipinski definition) is 3. The molecular formula is C13H13ClN2O2. The van der Waals surface area contributed by atoms with E-state index in [1.54, 1.807) is 0 Å². The predicted octanol–water partition coefficient (Wildman–Crippen LogP) is 2.07. The second-order valence-corrected chi connectivity index (χ2v) is 4.93. The van der Waals surface area contributed by atoms with Crippen molar-refractivity contribution in [2.24, 2.45) is 11.0 Å². The maximum absolute atomic E-state index is 12.1. The molecule has 1 atom stereocenters. The molecule has 0 saturated carbocycles. The Balaban J connectivity index is 1.75. The second-order valence-electron chi connectivity index (χ2n) is 4.49. The van der Waals surface area contributed by atoms with Crippen LogP contribution in [0.2, 0.25) is 5.02 Å². The molecule has 0 spiro atoms. The third kappa shape index (κ3) is 2.13. The number of rotatable bonds is 2. The summed E-state index contributed by atoms with van der Waals surface area (Å²) < 4.78 is 5.32.